The van der Waals surface area contributed by atoms with Crippen LogP contribution in [0.15, 0.2) is 0 Å². The molecular weight excluding hydrogens is 268 g/mol. The molecule has 1 saturated heterocycles. The first-order valence-corrected chi connectivity index (χ1v) is 8.10. The molecule has 0 radical (unpaired) electrons. The van der Waals surface area contributed by atoms with Crippen LogP contribution in [0, 0.1) is 0 Å². The van der Waals surface area contributed by atoms with Gasteiger partial charge in [-0.15, -0.1) is 0 Å². The zero-order chi connectivity index (χ0) is 14.5. The summed E-state index contributed by atoms with van der Waals surface area (Å²) in [4.78, 5) is 24.9. The minimum absolute atomic E-state index is 0.315. The maximum atomic E-state index is 12.0. The molecule has 0 bridgehead atoms. The smallest absolute Gasteiger partial charge is 0.329 e. The Kier molecular flexibility index (Phi) is 5.78. The van der Waals surface area contributed by atoms with Gasteiger partial charge in [0.1, 0.15) is 5.54 Å². The summed E-state index contributed by atoms with van der Waals surface area (Å²) in [5.74, 6) is 0.0235. The number of amides is 2. The van der Waals surface area contributed by atoms with Crippen molar-refractivity contribution in [3.63, 3.8) is 0 Å². The number of aliphatic carboxylic acids is 1. The molecule has 0 aromatic rings. The van der Waals surface area contributed by atoms with Crippen LogP contribution in [0.4, 0.5) is 4.79 Å². The molecule has 1 fully saturated rings. The van der Waals surface area contributed by atoms with Crippen LogP contribution in [0.2, 0.25) is 0 Å². The molecule has 2 unspecified atom stereocenters. The lowest BCUT2D eigenvalue weighted by atomic mass is 9.93. The van der Waals surface area contributed by atoms with E-state index >= 15 is 0 Å². The van der Waals surface area contributed by atoms with Crippen molar-refractivity contribution >= 4 is 22.8 Å². The highest BCUT2D eigenvalue weighted by atomic mass is 32.2. The van der Waals surface area contributed by atoms with E-state index in [1.807, 2.05) is 6.92 Å². The van der Waals surface area contributed by atoms with Gasteiger partial charge in [-0.3, -0.25) is 4.21 Å². The van der Waals surface area contributed by atoms with Crippen LogP contribution in [0.1, 0.15) is 33.1 Å². The number of rotatable bonds is 6. The molecule has 2 atom stereocenters. The molecule has 2 N–H and O–H groups in total. The summed E-state index contributed by atoms with van der Waals surface area (Å²) in [7, 11) is -0.924. The first-order valence-electron chi connectivity index (χ1n) is 6.61. The Hall–Kier alpha value is -1.11. The summed E-state index contributed by atoms with van der Waals surface area (Å²) in [5, 5.41) is 12.0. The predicted molar refractivity (Wildman–Crippen MR) is 73.5 cm³/mol. The van der Waals surface area contributed by atoms with Crippen LogP contribution in [0.25, 0.3) is 0 Å². The number of nitrogens with one attached hydrogen (secondary N) is 1. The third-order valence-electron chi connectivity index (χ3n) is 3.64. The molecule has 19 heavy (non-hydrogen) atoms. The number of carboxylic acids is 1. The molecule has 0 aromatic carbocycles. The van der Waals surface area contributed by atoms with Gasteiger partial charge < -0.3 is 15.3 Å². The van der Waals surface area contributed by atoms with Crippen molar-refractivity contribution in [3.05, 3.63) is 0 Å². The maximum Gasteiger partial charge on any atom is 0.329 e. The maximum absolute atomic E-state index is 12.0. The van der Waals surface area contributed by atoms with Crippen molar-refractivity contribution in [2.24, 2.45) is 0 Å². The van der Waals surface area contributed by atoms with E-state index in [9.17, 15) is 18.9 Å². The molecule has 6 nitrogen and oxygen atoms in total. The molecular formula is C12H22N2O4S. The van der Waals surface area contributed by atoms with Gasteiger partial charge in [0.25, 0.3) is 0 Å². The van der Waals surface area contributed by atoms with Crippen LogP contribution in [0.3, 0.4) is 0 Å². The molecule has 0 aromatic heterocycles. The average molecular weight is 290 g/mol. The Morgan fingerprint density at radius 2 is 2.11 bits per heavy atom. The summed E-state index contributed by atoms with van der Waals surface area (Å²) in [6, 6.07) is -0.366. The first-order chi connectivity index (χ1) is 8.97. The Morgan fingerprint density at radius 3 is 2.63 bits per heavy atom. The fraction of sp³-hybridized carbons (Fsp3) is 0.833. The number of carbonyl (C=O) groups excluding carboxylic acids is 1. The zero-order valence-corrected chi connectivity index (χ0v) is 12.3. The van der Waals surface area contributed by atoms with Gasteiger partial charge in [-0.2, -0.15) is 0 Å². The Balaban J connectivity index is 2.60. The molecule has 0 spiro atoms. The molecule has 1 heterocycles. The summed E-state index contributed by atoms with van der Waals surface area (Å²) >= 11 is 0. The van der Waals surface area contributed by atoms with Crippen molar-refractivity contribution in [3.8, 4) is 0 Å². The lowest BCUT2D eigenvalue weighted by molar-refractivity contribution is -0.148. The van der Waals surface area contributed by atoms with Gasteiger partial charge >= 0.3 is 12.0 Å². The molecule has 110 valence electrons. The summed E-state index contributed by atoms with van der Waals surface area (Å²) in [6.45, 7) is 4.38. The van der Waals surface area contributed by atoms with E-state index in [1.54, 1.807) is 6.92 Å². The third-order valence-corrected chi connectivity index (χ3v) is 4.95. The molecule has 0 saturated carbocycles. The Morgan fingerprint density at radius 1 is 1.42 bits per heavy atom. The highest BCUT2D eigenvalue weighted by Gasteiger charge is 2.48. The van der Waals surface area contributed by atoms with E-state index in [4.69, 9.17) is 0 Å². The average Bonchev–Trinajstić information content (AvgIpc) is 2.83. The van der Waals surface area contributed by atoms with E-state index in [-0.39, 0.29) is 6.03 Å². The fourth-order valence-corrected chi connectivity index (χ4v) is 3.05. The summed E-state index contributed by atoms with van der Waals surface area (Å²) in [5.41, 5.74) is -1.08. The lowest BCUT2D eigenvalue weighted by Gasteiger charge is -2.33. The van der Waals surface area contributed by atoms with Gasteiger partial charge in [0.2, 0.25) is 0 Å². The highest BCUT2D eigenvalue weighted by Crippen LogP contribution is 2.32. The Bertz CT molecular complexity index is 375. The normalized spacial score (nSPS) is 24.2. The van der Waals surface area contributed by atoms with Crippen molar-refractivity contribution in [2.75, 3.05) is 24.6 Å². The Labute approximate surface area is 116 Å². The van der Waals surface area contributed by atoms with Crippen LogP contribution < -0.4 is 5.32 Å². The largest absolute Gasteiger partial charge is 0.479 e. The van der Waals surface area contributed by atoms with Crippen LogP contribution >= 0.6 is 0 Å². The molecule has 7 heteroatoms. The predicted octanol–water partition coefficient (Wildman–Crippen LogP) is 0.794. The topological polar surface area (TPSA) is 86.7 Å². The molecule has 1 rings (SSSR count). The van der Waals surface area contributed by atoms with E-state index in [0.29, 0.717) is 43.9 Å². The third kappa shape index (κ3) is 3.46. The molecule has 1 aliphatic heterocycles. The number of nitrogens with zero attached hydrogens (tertiary/aromatic N) is 1. The van der Waals surface area contributed by atoms with Gasteiger partial charge in [-0.25, -0.2) is 9.59 Å². The van der Waals surface area contributed by atoms with Gasteiger partial charge in [0.05, 0.1) is 0 Å². The number of hydrogen-bond donors (Lipinski definition) is 2. The second-order valence-electron chi connectivity index (χ2n) is 4.61. The molecule has 0 aliphatic carbocycles. The second-order valence-corrected chi connectivity index (χ2v) is 6.48. The van der Waals surface area contributed by atoms with Gasteiger partial charge in [0.15, 0.2) is 0 Å². The first kappa shape index (κ1) is 15.9. The SMILES string of the molecule is CCS(=O)CCNC(=O)N1CCCC1(CC)C(=O)O. The van der Waals surface area contributed by atoms with Crippen molar-refractivity contribution in [2.45, 2.75) is 38.6 Å². The van der Waals surface area contributed by atoms with Crippen LogP contribution in [-0.2, 0) is 15.6 Å². The number of hydrogen-bond acceptors (Lipinski definition) is 3. The van der Waals surface area contributed by atoms with E-state index in [2.05, 4.69) is 5.32 Å². The van der Waals surface area contributed by atoms with Gasteiger partial charge in [-0.1, -0.05) is 13.8 Å². The van der Waals surface area contributed by atoms with E-state index in [0.717, 1.165) is 0 Å². The summed E-state index contributed by atoms with van der Waals surface area (Å²) in [6.07, 6.45) is 1.60. The van der Waals surface area contributed by atoms with Crippen molar-refractivity contribution in [1.29, 1.82) is 0 Å². The lowest BCUT2D eigenvalue weighted by Crippen LogP contribution is -2.56. The van der Waals surface area contributed by atoms with Gasteiger partial charge in [-0.05, 0) is 19.3 Å². The van der Waals surface area contributed by atoms with E-state index < -0.39 is 22.3 Å². The number of urea groups is 1. The molecule has 2 amide bonds. The monoisotopic (exact) mass is 290 g/mol. The number of likely N-dealkylation sites (tertiary alicyclic amines) is 1. The highest BCUT2D eigenvalue weighted by molar-refractivity contribution is 7.84. The minimum Gasteiger partial charge on any atom is -0.479 e. The fourth-order valence-electron chi connectivity index (χ4n) is 2.43. The second kappa shape index (κ2) is 6.88. The van der Waals surface area contributed by atoms with Crippen LogP contribution in [-0.4, -0.2) is 56.3 Å². The molecule has 1 aliphatic rings. The standard InChI is InChI=1S/C12H22N2O4S/c1-3-12(10(15)16)6-5-8-14(12)11(17)13-7-9-19(18)4-2/h3-9H2,1-2H3,(H,13,17)(H,15,16). The van der Waals surface area contributed by atoms with E-state index in [1.165, 1.54) is 4.90 Å². The van der Waals surface area contributed by atoms with Crippen molar-refractivity contribution < 1.29 is 18.9 Å². The summed E-state index contributed by atoms with van der Waals surface area (Å²) < 4.78 is 11.3. The zero-order valence-electron chi connectivity index (χ0n) is 11.5. The number of carboxylic acid groups (broad SMARTS) is 1. The van der Waals surface area contributed by atoms with Crippen LogP contribution in [0.5, 0.6) is 0 Å². The minimum atomic E-state index is -1.08. The quantitative estimate of drug-likeness (QED) is 0.757. The number of carbonyl (C=O) groups is 2. The van der Waals surface area contributed by atoms with Crippen molar-refractivity contribution in [1.82, 2.24) is 10.2 Å². The van der Waals surface area contributed by atoms with Gasteiger partial charge in [0, 0.05) is 35.4 Å².